The third kappa shape index (κ3) is 3.73. The molecule has 3 rings (SSSR count). The summed E-state index contributed by atoms with van der Waals surface area (Å²) < 4.78 is 12.5. The zero-order valence-electron chi connectivity index (χ0n) is 16.8. The molecule has 0 bridgehead atoms. The van der Waals surface area contributed by atoms with Gasteiger partial charge in [0.1, 0.15) is 11.6 Å². The third-order valence-corrected chi connectivity index (χ3v) is 4.79. The highest BCUT2D eigenvalue weighted by atomic mass is 16.5. The maximum Gasteiger partial charge on any atom is 0.232 e. The van der Waals surface area contributed by atoms with E-state index >= 15 is 0 Å². The van der Waals surface area contributed by atoms with Crippen LogP contribution in [0.15, 0.2) is 18.3 Å². The van der Waals surface area contributed by atoms with E-state index in [1.807, 2.05) is 39.1 Å². The Balaban J connectivity index is 2.07. The normalized spacial score (nSPS) is 12.4. The lowest BCUT2D eigenvalue weighted by Gasteiger charge is -2.15. The van der Waals surface area contributed by atoms with Crippen LogP contribution in [0.2, 0.25) is 0 Å². The first-order valence-electron chi connectivity index (χ1n) is 9.11. The number of hydrogen-bond donors (Lipinski definition) is 1. The molecule has 0 saturated carbocycles. The van der Waals surface area contributed by atoms with E-state index in [1.54, 1.807) is 18.7 Å². The van der Waals surface area contributed by atoms with Gasteiger partial charge in [0.15, 0.2) is 5.65 Å². The Hall–Kier alpha value is -2.67. The van der Waals surface area contributed by atoms with Crippen LogP contribution in [-0.2, 0) is 4.74 Å². The van der Waals surface area contributed by atoms with Crippen LogP contribution in [0.1, 0.15) is 41.8 Å². The van der Waals surface area contributed by atoms with Crippen LogP contribution in [0.4, 0.5) is 11.6 Å². The molecular weight excluding hydrogens is 342 g/mol. The van der Waals surface area contributed by atoms with Crippen molar-refractivity contribution >= 4 is 17.3 Å². The van der Waals surface area contributed by atoms with E-state index in [1.165, 1.54) is 0 Å². The topological polar surface area (TPSA) is 73.6 Å². The lowest BCUT2D eigenvalue weighted by Crippen LogP contribution is -2.10. The SMILES string of the molecule is CCC(COC)c1cnn2c(Nc3c(C)cc(OC)cc3C)nc(C)nc12. The second kappa shape index (κ2) is 7.92. The van der Waals surface area contributed by atoms with Gasteiger partial charge in [-0.25, -0.2) is 4.98 Å². The number of fused-ring (bicyclic) bond motifs is 1. The highest BCUT2D eigenvalue weighted by molar-refractivity contribution is 5.66. The fourth-order valence-corrected chi connectivity index (χ4v) is 3.35. The molecule has 1 unspecified atom stereocenters. The number of ether oxygens (including phenoxy) is 2. The van der Waals surface area contributed by atoms with Crippen molar-refractivity contribution < 1.29 is 9.47 Å². The molecule has 2 heterocycles. The average molecular weight is 369 g/mol. The van der Waals surface area contributed by atoms with Crippen molar-refractivity contribution in [3.63, 3.8) is 0 Å². The molecule has 0 spiro atoms. The maximum absolute atomic E-state index is 5.37. The second-order valence-electron chi connectivity index (χ2n) is 6.75. The minimum absolute atomic E-state index is 0.249. The van der Waals surface area contributed by atoms with E-state index in [0.717, 1.165) is 40.2 Å². The number of rotatable bonds is 7. The molecule has 0 radical (unpaired) electrons. The van der Waals surface area contributed by atoms with Gasteiger partial charge in [-0.15, -0.1) is 0 Å². The second-order valence-corrected chi connectivity index (χ2v) is 6.75. The largest absolute Gasteiger partial charge is 0.497 e. The van der Waals surface area contributed by atoms with Crippen molar-refractivity contribution in [1.82, 2.24) is 19.6 Å². The van der Waals surface area contributed by atoms with Crippen LogP contribution < -0.4 is 10.1 Å². The zero-order valence-corrected chi connectivity index (χ0v) is 16.8. The predicted octanol–water partition coefficient (Wildman–Crippen LogP) is 3.94. The summed E-state index contributed by atoms with van der Waals surface area (Å²) in [6.45, 7) is 8.77. The summed E-state index contributed by atoms with van der Waals surface area (Å²) in [5.41, 5.74) is 5.05. The van der Waals surface area contributed by atoms with Gasteiger partial charge in [0, 0.05) is 24.3 Å². The Morgan fingerprint density at radius 2 is 1.81 bits per heavy atom. The van der Waals surface area contributed by atoms with Gasteiger partial charge in [-0.3, -0.25) is 0 Å². The molecule has 27 heavy (non-hydrogen) atoms. The fourth-order valence-electron chi connectivity index (χ4n) is 3.35. The molecule has 144 valence electrons. The molecule has 0 aliphatic heterocycles. The molecule has 1 N–H and O–H groups in total. The Morgan fingerprint density at radius 1 is 1.11 bits per heavy atom. The molecule has 3 aromatic rings. The number of benzene rings is 1. The Kier molecular flexibility index (Phi) is 5.60. The van der Waals surface area contributed by atoms with E-state index < -0.39 is 0 Å². The van der Waals surface area contributed by atoms with Gasteiger partial charge in [-0.1, -0.05) is 6.92 Å². The molecular formula is C20H27N5O2. The van der Waals surface area contributed by atoms with Crippen LogP contribution in [0.5, 0.6) is 5.75 Å². The molecule has 1 aromatic carbocycles. The molecule has 0 fully saturated rings. The first-order valence-corrected chi connectivity index (χ1v) is 9.11. The molecule has 0 aliphatic carbocycles. The molecule has 2 aromatic heterocycles. The molecule has 7 nitrogen and oxygen atoms in total. The summed E-state index contributed by atoms with van der Waals surface area (Å²) in [6.07, 6.45) is 2.83. The van der Waals surface area contributed by atoms with Crippen LogP contribution in [0.3, 0.4) is 0 Å². The minimum atomic E-state index is 0.249. The molecule has 0 saturated heterocycles. The van der Waals surface area contributed by atoms with Crippen molar-refractivity contribution in [1.29, 1.82) is 0 Å². The van der Waals surface area contributed by atoms with Gasteiger partial charge in [-0.2, -0.15) is 14.6 Å². The molecule has 7 heteroatoms. The number of nitrogens with one attached hydrogen (secondary N) is 1. The Labute approximate surface area is 159 Å². The van der Waals surface area contributed by atoms with Crippen LogP contribution in [-0.4, -0.2) is 40.4 Å². The number of methoxy groups -OCH3 is 2. The minimum Gasteiger partial charge on any atom is -0.497 e. The summed E-state index contributed by atoms with van der Waals surface area (Å²) in [5, 5.41) is 7.99. The van der Waals surface area contributed by atoms with E-state index in [4.69, 9.17) is 9.47 Å². The van der Waals surface area contributed by atoms with Gasteiger partial charge < -0.3 is 14.8 Å². The van der Waals surface area contributed by atoms with E-state index in [9.17, 15) is 0 Å². The smallest absolute Gasteiger partial charge is 0.232 e. The fraction of sp³-hybridized carbons (Fsp3) is 0.450. The highest BCUT2D eigenvalue weighted by Crippen LogP contribution is 2.30. The van der Waals surface area contributed by atoms with E-state index in [-0.39, 0.29) is 5.92 Å². The lowest BCUT2D eigenvalue weighted by atomic mass is 10.0. The van der Waals surface area contributed by atoms with Gasteiger partial charge in [0.25, 0.3) is 0 Å². The average Bonchev–Trinajstić information content (AvgIpc) is 3.06. The van der Waals surface area contributed by atoms with Gasteiger partial charge >= 0.3 is 0 Å². The summed E-state index contributed by atoms with van der Waals surface area (Å²) in [6, 6.07) is 4.00. The zero-order chi connectivity index (χ0) is 19.6. The van der Waals surface area contributed by atoms with Crippen molar-refractivity contribution in [3.8, 4) is 5.75 Å². The van der Waals surface area contributed by atoms with Crippen LogP contribution in [0, 0.1) is 20.8 Å². The van der Waals surface area contributed by atoms with Crippen LogP contribution in [0.25, 0.3) is 5.65 Å². The summed E-state index contributed by atoms with van der Waals surface area (Å²) in [7, 11) is 3.39. The number of nitrogens with zero attached hydrogens (tertiary/aromatic N) is 4. The molecule has 0 aliphatic rings. The van der Waals surface area contributed by atoms with Crippen molar-refractivity contribution in [2.45, 2.75) is 40.0 Å². The number of hydrogen-bond acceptors (Lipinski definition) is 6. The lowest BCUT2D eigenvalue weighted by molar-refractivity contribution is 0.178. The first-order chi connectivity index (χ1) is 13.0. The Morgan fingerprint density at radius 3 is 2.41 bits per heavy atom. The monoisotopic (exact) mass is 369 g/mol. The van der Waals surface area contributed by atoms with Crippen molar-refractivity contribution in [2.24, 2.45) is 0 Å². The number of aryl methyl sites for hydroxylation is 3. The standard InChI is InChI=1S/C20H27N5O2/c1-7-15(11-26-5)17-10-21-25-19(17)22-14(4)23-20(25)24-18-12(2)8-16(27-6)9-13(18)3/h8-10,15H,7,11H2,1-6H3,(H,22,23,24). The maximum atomic E-state index is 5.37. The van der Waals surface area contributed by atoms with Crippen molar-refractivity contribution in [2.75, 3.05) is 26.1 Å². The van der Waals surface area contributed by atoms with Gasteiger partial charge in [0.2, 0.25) is 5.95 Å². The summed E-state index contributed by atoms with van der Waals surface area (Å²) in [5.74, 6) is 2.43. The van der Waals surface area contributed by atoms with E-state index in [2.05, 4.69) is 27.3 Å². The van der Waals surface area contributed by atoms with Crippen molar-refractivity contribution in [3.05, 3.63) is 40.8 Å². The molecule has 1 atom stereocenters. The van der Waals surface area contributed by atoms with Gasteiger partial charge in [0.05, 0.1) is 19.9 Å². The molecule has 0 amide bonds. The number of anilines is 2. The summed E-state index contributed by atoms with van der Waals surface area (Å²) >= 11 is 0. The summed E-state index contributed by atoms with van der Waals surface area (Å²) in [4.78, 5) is 9.22. The third-order valence-electron chi connectivity index (χ3n) is 4.79. The highest BCUT2D eigenvalue weighted by Gasteiger charge is 2.19. The van der Waals surface area contributed by atoms with Crippen LogP contribution >= 0.6 is 0 Å². The first kappa shape index (κ1) is 19.1. The van der Waals surface area contributed by atoms with E-state index in [0.29, 0.717) is 18.4 Å². The van der Waals surface area contributed by atoms with Gasteiger partial charge in [-0.05, 0) is 50.5 Å². The quantitative estimate of drug-likeness (QED) is 0.680. The predicted molar refractivity (Wildman–Crippen MR) is 106 cm³/mol. The Bertz CT molecular complexity index is 928. The number of aromatic nitrogens is 4.